The standard InChI is InChI=1S/C46H66N6O9/c1-4-14-36(42(56)44(58)47-29-39(55)50-41(45(59)51(2)3)34-27-32-18-8-9-19-33(32)28-34)48-43(57)37-21-13-22-52(37)46(60)40(31-16-6-5-7-17-31)49-38(54)26-30-15-12-20-35(25-30)61-24-11-10-23-53/h8,12,15,18,20,25,31,34,36-37,40-41,53H,4-7,9-11,13-14,16-17,19,21-24,26-29H2,1-3H3,(H,47,58)(H,48,57)(H,49,54)(H,50,55)/t34?,36-,37+,40+,41+/m1/s1. The lowest BCUT2D eigenvalue weighted by atomic mass is 9.83. The summed E-state index contributed by atoms with van der Waals surface area (Å²) in [6.45, 7) is 2.13. The number of aliphatic hydroxyl groups is 1. The molecule has 1 saturated heterocycles. The predicted octanol–water partition coefficient (Wildman–Crippen LogP) is 3.04. The number of ether oxygens (including phenoxy) is 1. The highest BCUT2D eigenvalue weighted by atomic mass is 16.5. The SMILES string of the molecule is CCC[C@@H](NC(=O)[C@@H]1CCCN1C(=O)[C@@H](NC(=O)Cc1cccc(OCCCCO)c1)C1CCCCC1)C(=O)C(=O)NCC(=O)N[C@H](C(=O)N(C)C)C1CC2=C(CCC=C2)C1. The topological polar surface area (TPSA) is 204 Å². The molecule has 5 rings (SSSR count). The molecule has 6 amide bonds. The van der Waals surface area contributed by atoms with Crippen molar-refractivity contribution in [3.05, 3.63) is 53.1 Å². The van der Waals surface area contributed by atoms with Gasteiger partial charge in [0, 0.05) is 27.2 Å². The summed E-state index contributed by atoms with van der Waals surface area (Å²) in [5, 5.41) is 20.0. The van der Waals surface area contributed by atoms with Gasteiger partial charge in [0.15, 0.2) is 0 Å². The fraction of sp³-hybridized carbons (Fsp3) is 0.630. The van der Waals surface area contributed by atoms with E-state index in [0.29, 0.717) is 63.8 Å². The second-order valence-corrected chi connectivity index (χ2v) is 17.1. The average Bonchev–Trinajstić information content (AvgIpc) is 3.93. The van der Waals surface area contributed by atoms with Gasteiger partial charge in [0.1, 0.15) is 23.9 Å². The van der Waals surface area contributed by atoms with Crippen molar-refractivity contribution in [3.63, 3.8) is 0 Å². The molecule has 0 radical (unpaired) electrons. The number of amides is 6. The van der Waals surface area contributed by atoms with E-state index in [1.54, 1.807) is 20.2 Å². The van der Waals surface area contributed by atoms with Gasteiger partial charge in [-0.25, -0.2) is 0 Å². The number of aliphatic hydroxyl groups excluding tert-OH is 1. The number of rotatable bonds is 21. The maximum Gasteiger partial charge on any atom is 0.290 e. The molecule has 1 aromatic rings. The zero-order valence-electron chi connectivity index (χ0n) is 36.2. The lowest BCUT2D eigenvalue weighted by molar-refractivity contribution is -0.144. The van der Waals surface area contributed by atoms with Crippen LogP contribution in [0.3, 0.4) is 0 Å². The van der Waals surface area contributed by atoms with E-state index in [-0.39, 0.29) is 49.0 Å². The summed E-state index contributed by atoms with van der Waals surface area (Å²) in [5.74, 6) is -3.62. The van der Waals surface area contributed by atoms with Crippen molar-refractivity contribution >= 4 is 41.2 Å². The van der Waals surface area contributed by atoms with Crippen LogP contribution in [0.2, 0.25) is 0 Å². The van der Waals surface area contributed by atoms with Gasteiger partial charge in [-0.15, -0.1) is 0 Å². The number of hydrogen-bond acceptors (Lipinski definition) is 9. The van der Waals surface area contributed by atoms with Crippen molar-refractivity contribution in [2.45, 2.75) is 134 Å². The molecule has 5 atom stereocenters. The monoisotopic (exact) mass is 846 g/mol. The Kier molecular flexibility index (Phi) is 17.9. The second-order valence-electron chi connectivity index (χ2n) is 17.1. The van der Waals surface area contributed by atoms with Crippen LogP contribution in [0.25, 0.3) is 0 Å². The third-order valence-corrected chi connectivity index (χ3v) is 12.3. The Morgan fingerprint density at radius 3 is 2.39 bits per heavy atom. The number of allylic oxidation sites excluding steroid dienone is 4. The van der Waals surface area contributed by atoms with E-state index in [2.05, 4.69) is 33.4 Å². The van der Waals surface area contributed by atoms with E-state index < -0.39 is 54.2 Å². The van der Waals surface area contributed by atoms with Crippen LogP contribution in [0.4, 0.5) is 0 Å². The van der Waals surface area contributed by atoms with Gasteiger partial charge in [-0.05, 0) is 106 Å². The molecule has 4 aliphatic rings. The molecule has 0 aromatic heterocycles. The van der Waals surface area contributed by atoms with Crippen molar-refractivity contribution in [1.29, 1.82) is 0 Å². The number of carbonyl (C=O) groups excluding carboxylic acids is 7. The Hall–Kier alpha value is -5.05. The lowest BCUT2D eigenvalue weighted by Crippen LogP contribution is -2.58. The molecular weight excluding hydrogens is 781 g/mol. The van der Waals surface area contributed by atoms with Crippen molar-refractivity contribution in [2.24, 2.45) is 11.8 Å². The van der Waals surface area contributed by atoms with Gasteiger partial charge in [0.2, 0.25) is 35.3 Å². The van der Waals surface area contributed by atoms with Gasteiger partial charge < -0.3 is 40.9 Å². The molecule has 1 saturated carbocycles. The van der Waals surface area contributed by atoms with Crippen molar-refractivity contribution in [2.75, 3.05) is 40.4 Å². The van der Waals surface area contributed by atoms with E-state index in [1.165, 1.54) is 20.9 Å². The van der Waals surface area contributed by atoms with E-state index in [4.69, 9.17) is 9.84 Å². The molecule has 334 valence electrons. The van der Waals surface area contributed by atoms with Crippen LogP contribution in [0.15, 0.2) is 47.6 Å². The fourth-order valence-corrected chi connectivity index (χ4v) is 9.12. The number of likely N-dealkylation sites (N-methyl/N-ethyl adjacent to an activating group) is 1. The minimum absolute atomic E-state index is 0.0328. The molecule has 1 heterocycles. The van der Waals surface area contributed by atoms with Crippen LogP contribution >= 0.6 is 0 Å². The smallest absolute Gasteiger partial charge is 0.290 e. The largest absolute Gasteiger partial charge is 0.494 e. The molecule has 0 bridgehead atoms. The van der Waals surface area contributed by atoms with Crippen LogP contribution in [0.5, 0.6) is 5.75 Å². The molecular formula is C46H66N6O9. The third-order valence-electron chi connectivity index (χ3n) is 12.3. The zero-order chi connectivity index (χ0) is 43.9. The number of Topliss-reactive ketones (excluding diaryl/α,β-unsaturated/α-hetero) is 1. The van der Waals surface area contributed by atoms with E-state index in [9.17, 15) is 33.6 Å². The minimum atomic E-state index is -1.19. The molecule has 15 heteroatoms. The maximum absolute atomic E-state index is 14.4. The molecule has 61 heavy (non-hydrogen) atoms. The summed E-state index contributed by atoms with van der Waals surface area (Å²) in [7, 11) is 3.26. The first-order valence-corrected chi connectivity index (χ1v) is 22.3. The predicted molar refractivity (Wildman–Crippen MR) is 229 cm³/mol. The van der Waals surface area contributed by atoms with Crippen LogP contribution in [0.1, 0.15) is 109 Å². The number of hydrogen-bond donors (Lipinski definition) is 5. The van der Waals surface area contributed by atoms with E-state index in [0.717, 1.165) is 50.5 Å². The number of ketones is 1. The number of nitrogens with zero attached hydrogens (tertiary/aromatic N) is 2. The Balaban J connectivity index is 1.18. The highest BCUT2D eigenvalue weighted by Gasteiger charge is 2.42. The van der Waals surface area contributed by atoms with E-state index in [1.807, 2.05) is 25.1 Å². The average molecular weight is 847 g/mol. The summed E-state index contributed by atoms with van der Waals surface area (Å²) in [5.41, 5.74) is 3.23. The summed E-state index contributed by atoms with van der Waals surface area (Å²) in [4.78, 5) is 97.7. The molecule has 1 aliphatic heterocycles. The maximum atomic E-state index is 14.4. The molecule has 1 unspecified atom stereocenters. The quantitative estimate of drug-likeness (QED) is 0.0911. The Morgan fingerprint density at radius 2 is 1.67 bits per heavy atom. The number of benzene rings is 1. The summed E-state index contributed by atoms with van der Waals surface area (Å²) < 4.78 is 5.78. The number of unbranched alkanes of at least 4 members (excludes halogenated alkanes) is 1. The number of carbonyl (C=O) groups is 7. The molecule has 1 aromatic carbocycles. The van der Waals surface area contributed by atoms with Gasteiger partial charge in [-0.1, -0.05) is 62.5 Å². The summed E-state index contributed by atoms with van der Waals surface area (Å²) in [6.07, 6.45) is 14.8. The number of likely N-dealkylation sites (tertiary alicyclic amines) is 1. The Bertz CT molecular complexity index is 1800. The second kappa shape index (κ2) is 23.2. The van der Waals surface area contributed by atoms with Gasteiger partial charge in [0.05, 0.1) is 25.6 Å². The molecule has 0 spiro atoms. The highest BCUT2D eigenvalue weighted by Crippen LogP contribution is 2.39. The van der Waals surface area contributed by atoms with Gasteiger partial charge >= 0.3 is 0 Å². The first kappa shape index (κ1) is 47.0. The first-order valence-electron chi connectivity index (χ1n) is 22.3. The van der Waals surface area contributed by atoms with Crippen molar-refractivity contribution in [1.82, 2.24) is 31.1 Å². The Labute approximate surface area is 359 Å². The first-order chi connectivity index (χ1) is 29.4. The number of nitrogens with one attached hydrogen (secondary N) is 4. The van der Waals surface area contributed by atoms with Crippen LogP contribution in [-0.2, 0) is 40.0 Å². The fourth-order valence-electron chi connectivity index (χ4n) is 9.12. The van der Waals surface area contributed by atoms with Gasteiger partial charge in [-0.3, -0.25) is 33.6 Å². The lowest BCUT2D eigenvalue weighted by Gasteiger charge is -2.35. The van der Waals surface area contributed by atoms with Gasteiger partial charge in [0.25, 0.3) is 5.91 Å². The van der Waals surface area contributed by atoms with Crippen molar-refractivity contribution < 1.29 is 43.4 Å². The molecule has 15 nitrogen and oxygen atoms in total. The summed E-state index contributed by atoms with van der Waals surface area (Å²) in [6, 6.07) is 3.52. The molecule has 3 aliphatic carbocycles. The van der Waals surface area contributed by atoms with Crippen LogP contribution in [0, 0.1) is 11.8 Å². The minimum Gasteiger partial charge on any atom is -0.494 e. The third kappa shape index (κ3) is 13.2. The van der Waals surface area contributed by atoms with Crippen molar-refractivity contribution in [3.8, 4) is 5.75 Å². The normalized spacial score (nSPS) is 20.2. The van der Waals surface area contributed by atoms with Gasteiger partial charge in [-0.2, -0.15) is 0 Å². The van der Waals surface area contributed by atoms with E-state index >= 15 is 0 Å². The van der Waals surface area contributed by atoms with Crippen LogP contribution in [-0.4, -0.2) is 121 Å². The molecule has 2 fully saturated rings. The molecule has 5 N–H and O–H groups in total. The summed E-state index contributed by atoms with van der Waals surface area (Å²) >= 11 is 0. The zero-order valence-corrected chi connectivity index (χ0v) is 36.2. The van der Waals surface area contributed by atoms with Crippen LogP contribution < -0.4 is 26.0 Å². The Morgan fingerprint density at radius 1 is 0.902 bits per heavy atom. The highest BCUT2D eigenvalue weighted by molar-refractivity contribution is 6.38.